The summed E-state index contributed by atoms with van der Waals surface area (Å²) in [5, 5.41) is 5.76. The zero-order valence-corrected chi connectivity index (χ0v) is 23.8. The Labute approximate surface area is 238 Å². The molecular formula is C25H35Cl2N9O3. The Bertz CT molecular complexity index is 1350. The number of ether oxygens (including phenoxy) is 1. The third kappa shape index (κ3) is 6.45. The maximum Gasteiger partial charge on any atom is 0.277 e. The highest BCUT2D eigenvalue weighted by Gasteiger charge is 2.28. The van der Waals surface area contributed by atoms with E-state index in [9.17, 15) is 9.59 Å². The Morgan fingerprint density at radius 1 is 1.21 bits per heavy atom. The predicted octanol–water partition coefficient (Wildman–Crippen LogP) is -1.90. The van der Waals surface area contributed by atoms with Crippen LogP contribution < -0.4 is 43.8 Å². The lowest BCUT2D eigenvalue weighted by Crippen LogP contribution is -3.00. The van der Waals surface area contributed by atoms with Crippen molar-refractivity contribution in [2.24, 2.45) is 0 Å². The van der Waals surface area contributed by atoms with E-state index < -0.39 is 5.91 Å². The normalized spacial score (nSPS) is 15.2. The van der Waals surface area contributed by atoms with E-state index in [0.717, 1.165) is 36.2 Å². The number of carbonyl (C=O) groups is 2. The summed E-state index contributed by atoms with van der Waals surface area (Å²) in [5.74, 6) is 1.04. The second-order valence-corrected chi connectivity index (χ2v) is 9.51. The molecule has 0 bridgehead atoms. The van der Waals surface area contributed by atoms with Crippen LogP contribution in [0.25, 0.3) is 11.0 Å². The topological polar surface area (TPSA) is 157 Å². The van der Waals surface area contributed by atoms with E-state index in [1.54, 1.807) is 0 Å². The number of likely N-dealkylation sites (N-methyl/N-ethyl adjacent to an activating group) is 1. The molecule has 1 aromatic carbocycles. The lowest BCUT2D eigenvalue weighted by atomic mass is 10.2. The van der Waals surface area contributed by atoms with E-state index in [-0.39, 0.29) is 53.4 Å². The summed E-state index contributed by atoms with van der Waals surface area (Å²) < 4.78 is 10.2. The standard InChI is InChI=1S/C25H34ClN9O3.ClH/c1-4-34-16-9-8-15(38-12-10-29-24(36)17-7-6-11-33(17)3)13-18(16)35(5-2)19(34)14-30-25(37)20-22(27)32-23(28)21(26)31-20;/h8-9,13,17H,4-7,10-12,14H2,1-3H3,(H5-,27,28,29,30,32,36,37);1H. The molecule has 1 fully saturated rings. The second-order valence-electron chi connectivity index (χ2n) is 9.15. The van der Waals surface area contributed by atoms with Crippen molar-refractivity contribution in [2.75, 3.05) is 38.2 Å². The van der Waals surface area contributed by atoms with Crippen LogP contribution in [0.15, 0.2) is 18.2 Å². The van der Waals surface area contributed by atoms with E-state index in [1.165, 1.54) is 0 Å². The smallest absolute Gasteiger partial charge is 0.277 e. The van der Waals surface area contributed by atoms with Gasteiger partial charge >= 0.3 is 0 Å². The van der Waals surface area contributed by atoms with Crippen molar-refractivity contribution in [1.29, 1.82) is 0 Å². The molecule has 2 aromatic heterocycles. The van der Waals surface area contributed by atoms with Gasteiger partial charge in [0.15, 0.2) is 33.5 Å². The molecule has 1 atom stereocenters. The number of aromatic nitrogens is 4. The molecule has 6 N–H and O–H groups in total. The molecule has 212 valence electrons. The summed E-state index contributed by atoms with van der Waals surface area (Å²) in [6.07, 6.45) is 1.94. The van der Waals surface area contributed by atoms with Gasteiger partial charge in [-0.25, -0.2) is 19.1 Å². The molecule has 1 aliphatic rings. The molecule has 14 heteroatoms. The number of nitrogens with two attached hydrogens (primary N) is 2. The van der Waals surface area contributed by atoms with E-state index in [1.807, 2.05) is 39.1 Å². The van der Waals surface area contributed by atoms with E-state index in [4.69, 9.17) is 27.8 Å². The number of carbonyl (C=O) groups excluding carboxylic acids is 2. The van der Waals surface area contributed by atoms with Gasteiger partial charge in [-0.05, 0) is 52.4 Å². The van der Waals surface area contributed by atoms with E-state index in [2.05, 4.69) is 34.6 Å². The molecule has 2 amide bonds. The van der Waals surface area contributed by atoms with Crippen LogP contribution in [0.4, 0.5) is 11.6 Å². The van der Waals surface area contributed by atoms with Crippen LogP contribution in [0.5, 0.6) is 5.75 Å². The number of likely N-dealkylation sites (tertiary alicyclic amines) is 1. The first kappa shape index (κ1) is 30.2. The van der Waals surface area contributed by atoms with Gasteiger partial charge in [-0.3, -0.25) is 14.5 Å². The molecule has 1 saturated heterocycles. The SMILES string of the molecule is CCn1c(CNC(=O)c2nc(Cl)c(N)nc2N)[n+](CC)c2ccc(OCCNC(=O)C3CCCN3C)cc21.[Cl-]. The number of amides is 2. The summed E-state index contributed by atoms with van der Waals surface area (Å²) >= 11 is 5.93. The average molecular weight is 581 g/mol. The van der Waals surface area contributed by atoms with Crippen LogP contribution >= 0.6 is 11.6 Å². The number of imidazole rings is 1. The van der Waals surface area contributed by atoms with Gasteiger partial charge in [0, 0.05) is 6.07 Å². The van der Waals surface area contributed by atoms with Crippen molar-refractivity contribution >= 4 is 46.1 Å². The van der Waals surface area contributed by atoms with Crippen molar-refractivity contribution in [3.63, 3.8) is 0 Å². The van der Waals surface area contributed by atoms with Crippen LogP contribution in [-0.2, 0) is 24.4 Å². The lowest BCUT2D eigenvalue weighted by molar-refractivity contribution is -0.676. The van der Waals surface area contributed by atoms with Crippen molar-refractivity contribution in [3.8, 4) is 5.75 Å². The summed E-state index contributed by atoms with van der Waals surface area (Å²) in [7, 11) is 1.98. The number of halogens is 2. The van der Waals surface area contributed by atoms with Crippen molar-refractivity contribution in [1.82, 2.24) is 30.1 Å². The molecule has 39 heavy (non-hydrogen) atoms. The van der Waals surface area contributed by atoms with Crippen molar-refractivity contribution in [3.05, 3.63) is 34.9 Å². The summed E-state index contributed by atoms with van der Waals surface area (Å²) in [6.45, 7) is 7.45. The van der Waals surface area contributed by atoms with Gasteiger partial charge in [0.1, 0.15) is 18.9 Å². The average Bonchev–Trinajstić information content (AvgIpc) is 3.46. The van der Waals surface area contributed by atoms with Gasteiger partial charge < -0.3 is 39.2 Å². The third-order valence-corrected chi connectivity index (χ3v) is 7.08. The Hall–Kier alpha value is -3.35. The molecule has 0 aliphatic carbocycles. The number of hydrogen-bond donors (Lipinski definition) is 4. The predicted molar refractivity (Wildman–Crippen MR) is 145 cm³/mol. The first-order valence-electron chi connectivity index (χ1n) is 12.8. The largest absolute Gasteiger partial charge is 1.00 e. The minimum Gasteiger partial charge on any atom is -1.00 e. The Morgan fingerprint density at radius 2 is 1.97 bits per heavy atom. The number of fused-ring (bicyclic) bond motifs is 1. The molecule has 12 nitrogen and oxygen atoms in total. The second kappa shape index (κ2) is 13.1. The molecule has 0 radical (unpaired) electrons. The van der Waals surface area contributed by atoms with Gasteiger partial charge in [0.25, 0.3) is 11.7 Å². The lowest BCUT2D eigenvalue weighted by Gasteiger charge is -2.18. The monoisotopic (exact) mass is 579 g/mol. The molecular weight excluding hydrogens is 545 g/mol. The minimum atomic E-state index is -0.498. The maximum absolute atomic E-state index is 12.8. The summed E-state index contributed by atoms with van der Waals surface area (Å²) in [5.41, 5.74) is 13.4. The first-order chi connectivity index (χ1) is 18.2. The fraction of sp³-hybridized carbons (Fsp3) is 0.480. The summed E-state index contributed by atoms with van der Waals surface area (Å²) in [6, 6.07) is 5.84. The molecule has 1 aliphatic heterocycles. The molecule has 0 spiro atoms. The molecule has 4 rings (SSSR count). The van der Waals surface area contributed by atoms with Gasteiger partial charge in [0.2, 0.25) is 5.91 Å². The van der Waals surface area contributed by atoms with Gasteiger partial charge in [-0.2, -0.15) is 0 Å². The minimum absolute atomic E-state index is 0. The number of rotatable bonds is 10. The highest BCUT2D eigenvalue weighted by atomic mass is 35.5. The maximum atomic E-state index is 12.8. The van der Waals surface area contributed by atoms with Gasteiger partial charge in [0.05, 0.1) is 25.7 Å². The van der Waals surface area contributed by atoms with Crippen molar-refractivity contribution < 1.29 is 31.3 Å². The summed E-state index contributed by atoms with van der Waals surface area (Å²) in [4.78, 5) is 35.1. The number of nitrogens with one attached hydrogen (secondary N) is 2. The van der Waals surface area contributed by atoms with Crippen molar-refractivity contribution in [2.45, 2.75) is 52.4 Å². The van der Waals surface area contributed by atoms with Crippen LogP contribution in [-0.4, -0.2) is 64.0 Å². The highest BCUT2D eigenvalue weighted by molar-refractivity contribution is 6.31. The number of anilines is 2. The van der Waals surface area contributed by atoms with Crippen LogP contribution in [0.1, 0.15) is 43.0 Å². The van der Waals surface area contributed by atoms with Gasteiger partial charge in [-0.15, -0.1) is 0 Å². The number of nitrogen functional groups attached to an aromatic ring is 2. The fourth-order valence-electron chi connectivity index (χ4n) is 4.91. The fourth-order valence-corrected chi connectivity index (χ4v) is 5.04. The number of hydrogen-bond acceptors (Lipinski definition) is 8. The number of benzene rings is 1. The molecule has 1 unspecified atom stereocenters. The van der Waals surface area contributed by atoms with E-state index >= 15 is 0 Å². The number of aryl methyl sites for hydroxylation is 2. The third-order valence-electron chi connectivity index (χ3n) is 6.80. The zero-order valence-electron chi connectivity index (χ0n) is 22.3. The molecule has 3 aromatic rings. The Balaban J connectivity index is 0.00000420. The van der Waals surface area contributed by atoms with Gasteiger partial charge in [-0.1, -0.05) is 11.6 Å². The zero-order chi connectivity index (χ0) is 27.4. The van der Waals surface area contributed by atoms with Crippen LogP contribution in [0, 0.1) is 0 Å². The first-order valence-corrected chi connectivity index (χ1v) is 13.1. The van der Waals surface area contributed by atoms with Crippen LogP contribution in [0.2, 0.25) is 5.15 Å². The highest BCUT2D eigenvalue weighted by Crippen LogP contribution is 2.22. The number of nitrogens with zero attached hydrogens (tertiary/aromatic N) is 5. The van der Waals surface area contributed by atoms with Crippen LogP contribution in [0.3, 0.4) is 0 Å². The molecule has 3 heterocycles. The Morgan fingerprint density at radius 3 is 2.64 bits per heavy atom. The quantitative estimate of drug-likeness (QED) is 0.160. The van der Waals surface area contributed by atoms with E-state index in [0.29, 0.717) is 32.0 Å². The Kier molecular flexibility index (Phi) is 10.2. The molecule has 0 saturated carbocycles.